The maximum Gasteiger partial charge on any atom is 0.148 e. The molecule has 0 spiro atoms. The molecule has 1 aromatic heterocycles. The number of hydrogen-bond donors (Lipinski definition) is 2. The van der Waals surface area contributed by atoms with Crippen LogP contribution < -0.4 is 9.44 Å². The zero-order chi connectivity index (χ0) is 13.5. The minimum atomic E-state index is 0.811. The summed E-state index contributed by atoms with van der Waals surface area (Å²) in [6.07, 6.45) is 4.46. The summed E-state index contributed by atoms with van der Waals surface area (Å²) in [6, 6.07) is 8.10. The first-order valence-corrected chi connectivity index (χ1v) is 7.63. The van der Waals surface area contributed by atoms with Gasteiger partial charge in [0.05, 0.1) is 0 Å². The van der Waals surface area contributed by atoms with E-state index in [-0.39, 0.29) is 0 Å². The molecule has 4 nitrogen and oxygen atoms in total. The van der Waals surface area contributed by atoms with Crippen LogP contribution in [0.4, 0.5) is 5.82 Å². The van der Waals surface area contributed by atoms with Crippen molar-refractivity contribution in [3.63, 3.8) is 0 Å². The van der Waals surface area contributed by atoms with Crippen molar-refractivity contribution in [1.82, 2.24) is 14.7 Å². The lowest BCUT2D eigenvalue weighted by molar-refractivity contribution is 0.879. The summed E-state index contributed by atoms with van der Waals surface area (Å²) in [5.41, 5.74) is 2.07. The van der Waals surface area contributed by atoms with Crippen LogP contribution in [0.2, 0.25) is 0 Å². The fourth-order valence-electron chi connectivity index (χ4n) is 1.49. The van der Waals surface area contributed by atoms with Crippen molar-refractivity contribution in [2.24, 2.45) is 0 Å². The zero-order valence-corrected chi connectivity index (χ0v) is 13.0. The monoisotopic (exact) mass is 338 g/mol. The largest absolute Gasteiger partial charge is 0.301 e. The summed E-state index contributed by atoms with van der Waals surface area (Å²) < 4.78 is 7.47. The van der Waals surface area contributed by atoms with Crippen molar-refractivity contribution in [3.05, 3.63) is 41.3 Å². The second-order valence-electron chi connectivity index (χ2n) is 3.89. The van der Waals surface area contributed by atoms with Crippen LogP contribution in [0.3, 0.4) is 0 Å². The quantitative estimate of drug-likeness (QED) is 0.618. The van der Waals surface area contributed by atoms with Crippen molar-refractivity contribution in [2.45, 2.75) is 13.3 Å². The summed E-state index contributed by atoms with van der Waals surface area (Å²) in [6.45, 7) is 3.09. The molecule has 100 valence electrons. The standard InChI is InChI=1S/C13H15BrN4S/c1-2-7-17-19-18-13-12(8-15-9-16-13)10-3-5-11(14)6-4-10/h3-6,8-9,17H,2,7H2,1H3,(H,15,16,18). The Kier molecular flexibility index (Phi) is 5.62. The van der Waals surface area contributed by atoms with Crippen molar-refractivity contribution < 1.29 is 0 Å². The Hall–Kier alpha value is -1.11. The summed E-state index contributed by atoms with van der Waals surface area (Å²) >= 11 is 4.88. The third-order valence-corrected chi connectivity index (χ3v) is 3.61. The molecule has 19 heavy (non-hydrogen) atoms. The lowest BCUT2D eigenvalue weighted by Gasteiger charge is -2.09. The molecule has 1 aromatic carbocycles. The summed E-state index contributed by atoms with van der Waals surface area (Å²) in [5, 5.41) is 0. The van der Waals surface area contributed by atoms with E-state index in [1.807, 2.05) is 30.5 Å². The van der Waals surface area contributed by atoms with E-state index in [0.717, 1.165) is 34.4 Å². The molecule has 0 aliphatic heterocycles. The molecule has 0 atom stereocenters. The van der Waals surface area contributed by atoms with Gasteiger partial charge in [0, 0.05) is 34.9 Å². The lowest BCUT2D eigenvalue weighted by Crippen LogP contribution is -2.08. The molecule has 0 saturated carbocycles. The number of halogens is 1. The Bertz CT molecular complexity index is 518. The van der Waals surface area contributed by atoms with E-state index >= 15 is 0 Å². The van der Waals surface area contributed by atoms with Crippen LogP contribution in [0.25, 0.3) is 11.1 Å². The lowest BCUT2D eigenvalue weighted by atomic mass is 10.1. The molecule has 0 radical (unpaired) electrons. The number of rotatable bonds is 6. The molecule has 0 amide bonds. The molecule has 0 saturated heterocycles. The van der Waals surface area contributed by atoms with Crippen molar-refractivity contribution in [2.75, 3.05) is 11.3 Å². The Morgan fingerprint density at radius 3 is 2.79 bits per heavy atom. The van der Waals surface area contributed by atoms with Gasteiger partial charge in [-0.2, -0.15) is 0 Å². The molecule has 2 aromatic rings. The Morgan fingerprint density at radius 2 is 2.05 bits per heavy atom. The van der Waals surface area contributed by atoms with E-state index in [9.17, 15) is 0 Å². The number of benzene rings is 1. The van der Waals surface area contributed by atoms with Crippen LogP contribution in [0.15, 0.2) is 41.3 Å². The molecule has 0 bridgehead atoms. The average molecular weight is 339 g/mol. The molecule has 2 rings (SSSR count). The second-order valence-corrected chi connectivity index (χ2v) is 5.50. The minimum Gasteiger partial charge on any atom is -0.301 e. The summed E-state index contributed by atoms with van der Waals surface area (Å²) in [5.74, 6) is 0.811. The number of hydrogen-bond acceptors (Lipinski definition) is 5. The third-order valence-electron chi connectivity index (χ3n) is 2.44. The van der Waals surface area contributed by atoms with Gasteiger partial charge >= 0.3 is 0 Å². The van der Waals surface area contributed by atoms with Crippen LogP contribution >= 0.6 is 28.1 Å². The maximum atomic E-state index is 4.28. The molecule has 1 heterocycles. The molecule has 2 N–H and O–H groups in total. The minimum absolute atomic E-state index is 0.811. The maximum absolute atomic E-state index is 4.28. The molecular weight excluding hydrogens is 324 g/mol. The smallest absolute Gasteiger partial charge is 0.148 e. The van der Waals surface area contributed by atoms with E-state index in [2.05, 4.69) is 42.3 Å². The first-order chi connectivity index (χ1) is 9.31. The predicted molar refractivity (Wildman–Crippen MR) is 84.7 cm³/mol. The van der Waals surface area contributed by atoms with Gasteiger partial charge in [-0.3, -0.25) is 0 Å². The number of anilines is 1. The normalized spacial score (nSPS) is 10.4. The Morgan fingerprint density at radius 1 is 1.26 bits per heavy atom. The van der Waals surface area contributed by atoms with Gasteiger partial charge in [-0.1, -0.05) is 35.0 Å². The summed E-state index contributed by atoms with van der Waals surface area (Å²) in [4.78, 5) is 8.38. The van der Waals surface area contributed by atoms with Gasteiger partial charge in [-0.25, -0.2) is 14.7 Å². The van der Waals surface area contributed by atoms with Gasteiger partial charge in [0.2, 0.25) is 0 Å². The van der Waals surface area contributed by atoms with Crippen molar-refractivity contribution in [1.29, 1.82) is 0 Å². The van der Waals surface area contributed by atoms with Crippen LogP contribution in [0.1, 0.15) is 13.3 Å². The fourth-order valence-corrected chi connectivity index (χ4v) is 2.39. The summed E-state index contributed by atoms with van der Waals surface area (Å²) in [7, 11) is 0. The molecule has 6 heteroatoms. The van der Waals surface area contributed by atoms with E-state index in [1.165, 1.54) is 12.1 Å². The number of nitrogens with one attached hydrogen (secondary N) is 2. The molecule has 0 fully saturated rings. The highest BCUT2D eigenvalue weighted by Gasteiger charge is 2.06. The van der Waals surface area contributed by atoms with Gasteiger partial charge in [0.15, 0.2) is 0 Å². The van der Waals surface area contributed by atoms with Gasteiger partial charge in [-0.15, -0.1) is 0 Å². The first-order valence-electron chi connectivity index (χ1n) is 6.02. The van der Waals surface area contributed by atoms with E-state index in [4.69, 9.17) is 0 Å². The van der Waals surface area contributed by atoms with Crippen LogP contribution in [-0.4, -0.2) is 16.5 Å². The Labute approximate surface area is 125 Å². The van der Waals surface area contributed by atoms with Gasteiger partial charge in [-0.05, 0) is 24.1 Å². The van der Waals surface area contributed by atoms with Crippen molar-refractivity contribution >= 4 is 33.9 Å². The highest BCUT2D eigenvalue weighted by molar-refractivity contribution is 9.10. The Balaban J connectivity index is 2.14. The molecule has 0 unspecified atom stereocenters. The molecule has 0 aliphatic carbocycles. The highest BCUT2D eigenvalue weighted by Crippen LogP contribution is 2.27. The zero-order valence-electron chi connectivity index (χ0n) is 10.6. The SMILES string of the molecule is CCCNSNc1ncncc1-c1ccc(Br)cc1. The van der Waals surface area contributed by atoms with E-state index in [0.29, 0.717) is 0 Å². The highest BCUT2D eigenvalue weighted by atomic mass is 79.9. The topological polar surface area (TPSA) is 49.8 Å². The van der Waals surface area contributed by atoms with Crippen LogP contribution in [-0.2, 0) is 0 Å². The van der Waals surface area contributed by atoms with Gasteiger partial charge in [0.25, 0.3) is 0 Å². The number of aromatic nitrogens is 2. The van der Waals surface area contributed by atoms with Gasteiger partial charge < -0.3 is 4.72 Å². The first kappa shape index (κ1) is 14.3. The van der Waals surface area contributed by atoms with Crippen LogP contribution in [0, 0.1) is 0 Å². The van der Waals surface area contributed by atoms with E-state index in [1.54, 1.807) is 6.33 Å². The van der Waals surface area contributed by atoms with Crippen molar-refractivity contribution in [3.8, 4) is 11.1 Å². The van der Waals surface area contributed by atoms with Gasteiger partial charge in [0.1, 0.15) is 12.1 Å². The third kappa shape index (κ3) is 4.19. The number of nitrogens with zero attached hydrogens (tertiary/aromatic N) is 2. The predicted octanol–water partition coefficient (Wildman–Crippen LogP) is 3.88. The average Bonchev–Trinajstić information content (AvgIpc) is 2.45. The molecular formula is C13H15BrN4S. The van der Waals surface area contributed by atoms with E-state index < -0.39 is 0 Å². The molecule has 0 aliphatic rings. The second kappa shape index (κ2) is 7.47. The van der Waals surface area contributed by atoms with Crippen LogP contribution in [0.5, 0.6) is 0 Å². The fraction of sp³-hybridized carbons (Fsp3) is 0.231.